The fourth-order valence-corrected chi connectivity index (χ4v) is 5.34. The van der Waals surface area contributed by atoms with E-state index in [4.69, 9.17) is 0 Å². The van der Waals surface area contributed by atoms with E-state index in [1.54, 1.807) is 12.2 Å². The molecule has 2 unspecified atom stereocenters. The van der Waals surface area contributed by atoms with Crippen LogP contribution in [0, 0.1) is 0 Å². The SMILES string of the molecule is CC/C=C\C/C=C\C/C=C\C/C=C\C/C=C\CC(=O)NC(CS(=O)(=O)O)C(O)/C=C/CC/C=C/CC/C=C/CCCCCCCCC. The van der Waals surface area contributed by atoms with E-state index in [1.165, 1.54) is 51.0 Å². The highest BCUT2D eigenvalue weighted by atomic mass is 32.2. The molecule has 0 radical (unpaired) electrons. The first-order chi connectivity index (χ1) is 22.8. The number of hydrogen-bond acceptors (Lipinski definition) is 4. The van der Waals surface area contributed by atoms with Gasteiger partial charge in [0.05, 0.1) is 17.9 Å². The highest BCUT2D eigenvalue weighted by molar-refractivity contribution is 7.85. The molecule has 0 aromatic rings. The lowest BCUT2D eigenvalue weighted by molar-refractivity contribution is -0.121. The minimum Gasteiger partial charge on any atom is -0.387 e. The summed E-state index contributed by atoms with van der Waals surface area (Å²) in [5.74, 6) is -1.19. The second-order valence-corrected chi connectivity index (χ2v) is 13.3. The summed E-state index contributed by atoms with van der Waals surface area (Å²) in [5, 5.41) is 13.1. The van der Waals surface area contributed by atoms with Crippen molar-refractivity contribution < 1.29 is 22.9 Å². The molecule has 0 aromatic heterocycles. The van der Waals surface area contributed by atoms with Gasteiger partial charge in [-0.3, -0.25) is 9.35 Å². The minimum absolute atomic E-state index is 0.0467. The first kappa shape index (κ1) is 44.3. The van der Waals surface area contributed by atoms with Crippen LogP contribution in [0.25, 0.3) is 0 Å². The fraction of sp³-hybridized carbons (Fsp3) is 0.575. The summed E-state index contributed by atoms with van der Waals surface area (Å²) in [7, 11) is -4.39. The van der Waals surface area contributed by atoms with E-state index in [1.807, 2.05) is 12.2 Å². The number of rotatable bonds is 30. The molecule has 1 amide bonds. The molecule has 266 valence electrons. The second-order valence-electron chi connectivity index (χ2n) is 11.8. The molecule has 0 saturated carbocycles. The van der Waals surface area contributed by atoms with Crippen LogP contribution in [-0.4, -0.2) is 41.9 Å². The van der Waals surface area contributed by atoms with Crippen LogP contribution in [0.4, 0.5) is 0 Å². The average molecular weight is 672 g/mol. The number of unbranched alkanes of at least 4 members (excludes halogenated alkanes) is 9. The monoisotopic (exact) mass is 671 g/mol. The lowest BCUT2D eigenvalue weighted by Gasteiger charge is -2.20. The van der Waals surface area contributed by atoms with Gasteiger partial charge < -0.3 is 10.4 Å². The number of amides is 1. The molecule has 6 nitrogen and oxygen atoms in total. The van der Waals surface area contributed by atoms with Crippen molar-refractivity contribution in [2.24, 2.45) is 0 Å². The molecule has 0 aliphatic carbocycles. The molecule has 0 fully saturated rings. The van der Waals surface area contributed by atoms with Crippen LogP contribution in [0.3, 0.4) is 0 Å². The molecule has 2 atom stereocenters. The number of hydrogen-bond donors (Lipinski definition) is 3. The van der Waals surface area contributed by atoms with Gasteiger partial charge in [-0.1, -0.05) is 150 Å². The van der Waals surface area contributed by atoms with Crippen molar-refractivity contribution in [3.63, 3.8) is 0 Å². The van der Waals surface area contributed by atoms with Crippen molar-refractivity contribution in [2.75, 3.05) is 5.75 Å². The smallest absolute Gasteiger partial charge is 0.267 e. The molecule has 0 spiro atoms. The Labute approximate surface area is 288 Å². The van der Waals surface area contributed by atoms with Gasteiger partial charge in [-0.15, -0.1) is 0 Å². The molecular weight excluding hydrogens is 607 g/mol. The van der Waals surface area contributed by atoms with Crippen molar-refractivity contribution in [3.05, 3.63) is 97.2 Å². The quantitative estimate of drug-likeness (QED) is 0.0401. The summed E-state index contributed by atoms with van der Waals surface area (Å²) in [6.07, 6.45) is 49.8. The number of carbonyl (C=O) groups excluding carboxylic acids is 1. The summed E-state index contributed by atoms with van der Waals surface area (Å²) in [5.41, 5.74) is 0. The Morgan fingerprint density at radius 1 is 0.596 bits per heavy atom. The summed E-state index contributed by atoms with van der Waals surface area (Å²) in [6.45, 7) is 4.37. The van der Waals surface area contributed by atoms with Crippen LogP contribution in [0.2, 0.25) is 0 Å². The normalized spacial score (nSPS) is 14.6. The summed E-state index contributed by atoms with van der Waals surface area (Å²) < 4.78 is 32.3. The van der Waals surface area contributed by atoms with E-state index in [0.29, 0.717) is 12.8 Å². The van der Waals surface area contributed by atoms with Gasteiger partial charge in [0.1, 0.15) is 0 Å². The molecule has 0 aliphatic rings. The van der Waals surface area contributed by atoms with E-state index < -0.39 is 33.9 Å². The van der Waals surface area contributed by atoms with Crippen molar-refractivity contribution in [1.29, 1.82) is 0 Å². The molecule has 0 rings (SSSR count). The first-order valence-corrected chi connectivity index (χ1v) is 19.5. The Morgan fingerprint density at radius 3 is 1.55 bits per heavy atom. The molecule has 0 heterocycles. The number of nitrogens with one attached hydrogen (secondary N) is 1. The highest BCUT2D eigenvalue weighted by Gasteiger charge is 2.24. The lowest BCUT2D eigenvalue weighted by Crippen LogP contribution is -2.46. The molecule has 0 saturated heterocycles. The van der Waals surface area contributed by atoms with Crippen molar-refractivity contribution >= 4 is 16.0 Å². The van der Waals surface area contributed by atoms with Crippen molar-refractivity contribution in [1.82, 2.24) is 5.32 Å². The van der Waals surface area contributed by atoms with Gasteiger partial charge in [0.2, 0.25) is 5.91 Å². The zero-order chi connectivity index (χ0) is 34.7. The van der Waals surface area contributed by atoms with E-state index in [2.05, 4.69) is 86.0 Å². The summed E-state index contributed by atoms with van der Waals surface area (Å²) in [4.78, 5) is 12.4. The van der Waals surface area contributed by atoms with Gasteiger partial charge in [-0.2, -0.15) is 8.42 Å². The first-order valence-electron chi connectivity index (χ1n) is 17.9. The Bertz CT molecular complexity index is 1100. The number of carbonyl (C=O) groups is 1. The van der Waals surface area contributed by atoms with Crippen LogP contribution in [0.15, 0.2) is 97.2 Å². The van der Waals surface area contributed by atoms with Crippen LogP contribution >= 0.6 is 0 Å². The van der Waals surface area contributed by atoms with Gasteiger partial charge in [0, 0.05) is 6.42 Å². The number of allylic oxidation sites excluding steroid dienone is 14. The molecule has 7 heteroatoms. The van der Waals surface area contributed by atoms with Gasteiger partial charge in [-0.25, -0.2) is 0 Å². The summed E-state index contributed by atoms with van der Waals surface area (Å²) in [6, 6.07) is -1.14. The van der Waals surface area contributed by atoms with E-state index in [-0.39, 0.29) is 6.42 Å². The standard InChI is InChI=1S/C40H65NO5S/c1-3-5-7-9-11-13-15-17-19-20-22-23-25-27-29-31-33-35-39(42)38(37-47(44,45)46)41-40(43)36-34-32-30-28-26-24-21-18-16-14-12-10-8-6-4-2/h6,8,12,14,18-21,25-28,32-35,38-39,42H,3-5,7,9-11,13,15-17,22-24,29-31,36-37H2,1-2H3,(H,41,43)(H,44,45,46)/b8-6-,14-12-,20-19+,21-18-,27-25+,28-26-,34-32-,35-33+. The van der Waals surface area contributed by atoms with Gasteiger partial charge >= 0.3 is 0 Å². The average Bonchev–Trinajstić information content (AvgIpc) is 3.03. The minimum atomic E-state index is -4.39. The largest absolute Gasteiger partial charge is 0.387 e. The van der Waals surface area contributed by atoms with Gasteiger partial charge in [0.25, 0.3) is 10.1 Å². The molecular formula is C40H65NO5S. The highest BCUT2D eigenvalue weighted by Crippen LogP contribution is 2.09. The Hall–Kier alpha value is -2.74. The van der Waals surface area contributed by atoms with E-state index in [0.717, 1.165) is 51.4 Å². The van der Waals surface area contributed by atoms with Crippen LogP contribution in [0.5, 0.6) is 0 Å². The number of aliphatic hydroxyl groups is 1. The van der Waals surface area contributed by atoms with E-state index in [9.17, 15) is 22.9 Å². The maximum Gasteiger partial charge on any atom is 0.267 e. The lowest BCUT2D eigenvalue weighted by atomic mass is 10.1. The van der Waals surface area contributed by atoms with E-state index >= 15 is 0 Å². The maximum absolute atomic E-state index is 12.4. The second kappa shape index (κ2) is 33.2. The maximum atomic E-state index is 12.4. The van der Waals surface area contributed by atoms with Gasteiger partial charge in [-0.05, 0) is 70.6 Å². The third-order valence-electron chi connectivity index (χ3n) is 7.25. The zero-order valence-electron chi connectivity index (χ0n) is 29.4. The zero-order valence-corrected chi connectivity index (χ0v) is 30.2. The molecule has 0 aromatic carbocycles. The van der Waals surface area contributed by atoms with Crippen molar-refractivity contribution in [3.8, 4) is 0 Å². The fourth-order valence-electron chi connectivity index (χ4n) is 4.60. The Kier molecular flexibility index (Phi) is 31.2. The summed E-state index contributed by atoms with van der Waals surface area (Å²) >= 11 is 0. The molecule has 0 aliphatic heterocycles. The molecule has 47 heavy (non-hydrogen) atoms. The molecule has 3 N–H and O–H groups in total. The predicted octanol–water partition coefficient (Wildman–Crippen LogP) is 10.2. The Balaban J connectivity index is 4.27. The topological polar surface area (TPSA) is 104 Å². The van der Waals surface area contributed by atoms with Crippen LogP contribution in [-0.2, 0) is 14.9 Å². The third-order valence-corrected chi connectivity index (χ3v) is 8.03. The predicted molar refractivity (Wildman–Crippen MR) is 202 cm³/mol. The number of aliphatic hydroxyl groups excluding tert-OH is 1. The third kappa shape index (κ3) is 34.4. The Morgan fingerprint density at radius 2 is 1.04 bits per heavy atom. The van der Waals surface area contributed by atoms with Crippen LogP contribution < -0.4 is 5.32 Å². The van der Waals surface area contributed by atoms with Crippen LogP contribution in [0.1, 0.15) is 129 Å². The van der Waals surface area contributed by atoms with Crippen molar-refractivity contribution in [2.45, 2.75) is 142 Å². The van der Waals surface area contributed by atoms with Gasteiger partial charge in [0.15, 0.2) is 0 Å². The molecule has 0 bridgehead atoms.